The number of nitrogens with zero attached hydrogens (tertiary/aromatic N) is 3. The largest absolute Gasteiger partial charge is 0.330 e. The Morgan fingerprint density at radius 2 is 2.12 bits per heavy atom. The first-order chi connectivity index (χ1) is 6.94. The molecule has 0 unspecified atom stereocenters. The molecule has 0 saturated heterocycles. The molecule has 4 nitrogen and oxygen atoms in total. The monoisotopic (exact) mass is 246 g/mol. The molecule has 5 heteroatoms. The van der Waals surface area contributed by atoms with E-state index in [-0.39, 0.29) is 17.8 Å². The predicted octanol–water partition coefficient (Wildman–Crippen LogP) is 1.26. The van der Waals surface area contributed by atoms with Gasteiger partial charge in [-0.05, 0) is 25.1 Å². The Morgan fingerprint density at radius 3 is 2.56 bits per heavy atom. The minimum Gasteiger partial charge on any atom is -0.330 e. The number of nitrogens with two attached hydrogens (primary N) is 1. The van der Waals surface area contributed by atoms with Crippen LogP contribution in [0.4, 0.5) is 0 Å². The zero-order chi connectivity index (χ0) is 11.5. The van der Waals surface area contributed by atoms with E-state index in [4.69, 9.17) is 5.73 Å². The fraction of sp³-hybridized carbons (Fsp3) is 0.727. The third-order valence-corrected chi connectivity index (χ3v) is 2.60. The minimum absolute atomic E-state index is 0. The fourth-order valence-electron chi connectivity index (χ4n) is 1.68. The summed E-state index contributed by atoms with van der Waals surface area (Å²) in [5.74, 6) is 0. The highest BCUT2D eigenvalue weighted by Gasteiger charge is 2.18. The van der Waals surface area contributed by atoms with Crippen LogP contribution in [0.25, 0.3) is 0 Å². The number of aromatic nitrogens is 2. The van der Waals surface area contributed by atoms with Crippen molar-refractivity contribution in [2.75, 3.05) is 20.1 Å². The molecule has 0 bridgehead atoms. The normalized spacial score (nSPS) is 11.6. The summed E-state index contributed by atoms with van der Waals surface area (Å²) in [5.41, 5.74) is 7.11. The van der Waals surface area contributed by atoms with Crippen molar-refractivity contribution < 1.29 is 0 Å². The van der Waals surface area contributed by atoms with E-state index >= 15 is 0 Å². The molecule has 94 valence electrons. The molecule has 16 heavy (non-hydrogen) atoms. The first-order valence-electron chi connectivity index (χ1n) is 5.30. The topological polar surface area (TPSA) is 47.1 Å². The van der Waals surface area contributed by atoms with Crippen molar-refractivity contribution in [2.45, 2.75) is 20.4 Å². The molecular weight excluding hydrogens is 224 g/mol. The Labute approximate surface area is 104 Å². The third kappa shape index (κ3) is 4.51. The highest BCUT2D eigenvalue weighted by Crippen LogP contribution is 2.15. The van der Waals surface area contributed by atoms with Gasteiger partial charge in [0.05, 0.1) is 5.69 Å². The van der Waals surface area contributed by atoms with Gasteiger partial charge in [0.2, 0.25) is 0 Å². The molecule has 0 aliphatic heterocycles. The van der Waals surface area contributed by atoms with Gasteiger partial charge in [-0.1, -0.05) is 13.8 Å². The molecule has 1 aromatic rings. The number of hydrogen-bond donors (Lipinski definition) is 1. The third-order valence-electron chi connectivity index (χ3n) is 2.60. The second kappa shape index (κ2) is 6.23. The Morgan fingerprint density at radius 1 is 1.50 bits per heavy atom. The lowest BCUT2D eigenvalue weighted by molar-refractivity contribution is 0.206. The van der Waals surface area contributed by atoms with Gasteiger partial charge in [0.25, 0.3) is 0 Å². The molecule has 0 aromatic carbocycles. The highest BCUT2D eigenvalue weighted by atomic mass is 35.5. The van der Waals surface area contributed by atoms with Crippen molar-refractivity contribution in [3.05, 3.63) is 18.0 Å². The lowest BCUT2D eigenvalue weighted by Gasteiger charge is -2.28. The molecule has 0 saturated carbocycles. The van der Waals surface area contributed by atoms with Gasteiger partial charge in [0.15, 0.2) is 0 Å². The van der Waals surface area contributed by atoms with Gasteiger partial charge in [-0.15, -0.1) is 12.4 Å². The second-order valence-corrected chi connectivity index (χ2v) is 4.99. The van der Waals surface area contributed by atoms with E-state index in [1.807, 2.05) is 24.0 Å². The smallest absolute Gasteiger partial charge is 0.0520 e. The van der Waals surface area contributed by atoms with Gasteiger partial charge in [-0.25, -0.2) is 0 Å². The summed E-state index contributed by atoms with van der Waals surface area (Å²) in [6.07, 6.45) is 1.83. The fourth-order valence-corrected chi connectivity index (χ4v) is 1.68. The van der Waals surface area contributed by atoms with Gasteiger partial charge >= 0.3 is 0 Å². The van der Waals surface area contributed by atoms with Gasteiger partial charge in [0.1, 0.15) is 0 Å². The number of aryl methyl sites for hydroxylation is 1. The van der Waals surface area contributed by atoms with Gasteiger partial charge < -0.3 is 5.73 Å². The van der Waals surface area contributed by atoms with E-state index in [1.165, 1.54) is 5.69 Å². The molecule has 0 aliphatic rings. The predicted molar refractivity (Wildman–Crippen MR) is 69.6 cm³/mol. The standard InChI is InChI=1S/C11H22N4.ClH/c1-11(2,8-12)9-14(3)7-10-5-6-13-15(10)4;/h5-6H,7-9,12H2,1-4H3;1H. The van der Waals surface area contributed by atoms with Crippen molar-refractivity contribution in [1.82, 2.24) is 14.7 Å². The van der Waals surface area contributed by atoms with Crippen LogP contribution in [-0.4, -0.2) is 34.8 Å². The van der Waals surface area contributed by atoms with Crippen LogP contribution in [0.5, 0.6) is 0 Å². The van der Waals surface area contributed by atoms with Crippen LogP contribution >= 0.6 is 12.4 Å². The molecule has 1 heterocycles. The molecule has 0 amide bonds. The van der Waals surface area contributed by atoms with Crippen LogP contribution in [0.3, 0.4) is 0 Å². The Kier molecular flexibility index (Phi) is 6.00. The molecular formula is C11H23ClN4. The zero-order valence-corrected chi connectivity index (χ0v) is 11.4. The summed E-state index contributed by atoms with van der Waals surface area (Å²) in [4.78, 5) is 2.28. The van der Waals surface area contributed by atoms with Crippen LogP contribution in [-0.2, 0) is 13.6 Å². The summed E-state index contributed by atoms with van der Waals surface area (Å²) in [5, 5.41) is 4.15. The maximum Gasteiger partial charge on any atom is 0.0520 e. The van der Waals surface area contributed by atoms with Crippen molar-refractivity contribution in [3.63, 3.8) is 0 Å². The minimum atomic E-state index is 0. The SMILES string of the molecule is CN(Cc1ccnn1C)CC(C)(C)CN.Cl. The molecule has 1 aromatic heterocycles. The summed E-state index contributed by atoms with van der Waals surface area (Å²) >= 11 is 0. The van der Waals surface area contributed by atoms with Crippen molar-refractivity contribution in [3.8, 4) is 0 Å². The number of halogens is 1. The molecule has 0 spiro atoms. The maximum atomic E-state index is 5.71. The molecule has 0 radical (unpaired) electrons. The summed E-state index contributed by atoms with van der Waals surface area (Å²) < 4.78 is 1.91. The van der Waals surface area contributed by atoms with Crippen LogP contribution in [0.15, 0.2) is 12.3 Å². The highest BCUT2D eigenvalue weighted by molar-refractivity contribution is 5.85. The molecule has 0 aliphatic carbocycles. The summed E-state index contributed by atoms with van der Waals surface area (Å²) in [6, 6.07) is 2.05. The Bertz CT molecular complexity index is 309. The first-order valence-corrected chi connectivity index (χ1v) is 5.30. The van der Waals surface area contributed by atoms with E-state index in [0.717, 1.165) is 13.1 Å². The Balaban J connectivity index is 0.00000225. The Hall–Kier alpha value is -0.580. The quantitative estimate of drug-likeness (QED) is 0.851. The molecule has 0 atom stereocenters. The average Bonchev–Trinajstić information content (AvgIpc) is 2.51. The molecule has 0 fully saturated rings. The average molecular weight is 247 g/mol. The molecule has 1 rings (SSSR count). The molecule has 2 N–H and O–H groups in total. The second-order valence-electron chi connectivity index (χ2n) is 4.99. The van der Waals surface area contributed by atoms with Gasteiger partial charge in [-0.3, -0.25) is 9.58 Å². The summed E-state index contributed by atoms with van der Waals surface area (Å²) in [7, 11) is 4.08. The van der Waals surface area contributed by atoms with Crippen molar-refractivity contribution in [1.29, 1.82) is 0 Å². The first kappa shape index (κ1) is 15.4. The van der Waals surface area contributed by atoms with Gasteiger partial charge in [-0.2, -0.15) is 5.10 Å². The van der Waals surface area contributed by atoms with E-state index in [0.29, 0.717) is 6.54 Å². The van der Waals surface area contributed by atoms with E-state index in [2.05, 4.69) is 30.9 Å². The lowest BCUT2D eigenvalue weighted by Crippen LogP contribution is -2.36. The number of rotatable bonds is 5. The van der Waals surface area contributed by atoms with E-state index < -0.39 is 0 Å². The van der Waals surface area contributed by atoms with E-state index in [1.54, 1.807) is 0 Å². The van der Waals surface area contributed by atoms with Crippen molar-refractivity contribution >= 4 is 12.4 Å². The van der Waals surface area contributed by atoms with Crippen LogP contribution in [0.1, 0.15) is 19.5 Å². The van der Waals surface area contributed by atoms with Crippen LogP contribution in [0, 0.1) is 5.41 Å². The maximum absolute atomic E-state index is 5.71. The van der Waals surface area contributed by atoms with E-state index in [9.17, 15) is 0 Å². The van der Waals surface area contributed by atoms with Gasteiger partial charge in [0, 0.05) is 26.3 Å². The summed E-state index contributed by atoms with van der Waals surface area (Å²) in [6.45, 7) is 7.00. The van der Waals surface area contributed by atoms with Crippen molar-refractivity contribution in [2.24, 2.45) is 18.2 Å². The van der Waals surface area contributed by atoms with Crippen LogP contribution < -0.4 is 5.73 Å². The number of hydrogen-bond acceptors (Lipinski definition) is 3. The lowest BCUT2D eigenvalue weighted by atomic mass is 9.93. The van der Waals surface area contributed by atoms with Crippen LogP contribution in [0.2, 0.25) is 0 Å². The zero-order valence-electron chi connectivity index (χ0n) is 10.6.